The topological polar surface area (TPSA) is 94.8 Å². The first-order valence-corrected chi connectivity index (χ1v) is 10.6. The summed E-state index contributed by atoms with van der Waals surface area (Å²) in [7, 11) is 0. The highest BCUT2D eigenvalue weighted by atomic mass is 16.4. The van der Waals surface area contributed by atoms with Crippen molar-refractivity contribution in [2.45, 2.75) is 38.5 Å². The molecule has 3 atom stereocenters. The molecule has 2 aromatic rings. The average molecular weight is 427 g/mol. The van der Waals surface area contributed by atoms with Gasteiger partial charge in [0.1, 0.15) is 25.2 Å². The maximum Gasteiger partial charge on any atom is 0.516 e. The minimum atomic E-state index is -1.32. The van der Waals surface area contributed by atoms with Crippen molar-refractivity contribution in [2.24, 2.45) is 0 Å². The molecular formula is C24H30N2O5+2. The van der Waals surface area contributed by atoms with E-state index in [2.05, 4.69) is 12.1 Å². The van der Waals surface area contributed by atoms with Crippen molar-refractivity contribution in [3.05, 3.63) is 59.7 Å². The lowest BCUT2D eigenvalue weighted by molar-refractivity contribution is -1.02. The number of benzene rings is 2. The maximum atomic E-state index is 12.6. The van der Waals surface area contributed by atoms with E-state index in [0.29, 0.717) is 0 Å². The molecule has 7 nitrogen and oxygen atoms in total. The summed E-state index contributed by atoms with van der Waals surface area (Å²) < 4.78 is -0.921. The van der Waals surface area contributed by atoms with E-state index in [1.807, 2.05) is 36.4 Å². The van der Waals surface area contributed by atoms with Gasteiger partial charge in [-0.15, -0.1) is 0 Å². The molecule has 164 valence electrons. The van der Waals surface area contributed by atoms with Crippen LogP contribution < -0.4 is 0 Å². The van der Waals surface area contributed by atoms with Gasteiger partial charge in [-0.2, -0.15) is 14.1 Å². The molecular weight excluding hydrogens is 396 g/mol. The van der Waals surface area contributed by atoms with E-state index in [-0.39, 0.29) is 36.6 Å². The summed E-state index contributed by atoms with van der Waals surface area (Å²) in [5.41, 5.74) is 3.60. The Morgan fingerprint density at radius 3 is 1.84 bits per heavy atom. The number of amides is 2. The molecule has 2 aliphatic rings. The molecule has 1 heterocycles. The minimum Gasteiger partial charge on any atom is -0.435 e. The molecule has 0 saturated carbocycles. The summed E-state index contributed by atoms with van der Waals surface area (Å²) in [5.74, 6) is -0.129. The van der Waals surface area contributed by atoms with Gasteiger partial charge in [-0.25, -0.2) is 4.48 Å². The number of quaternary nitrogens is 2. The molecule has 4 rings (SSSR count). The van der Waals surface area contributed by atoms with Crippen LogP contribution in [0.3, 0.4) is 0 Å². The van der Waals surface area contributed by atoms with Gasteiger partial charge < -0.3 is 15.3 Å². The summed E-state index contributed by atoms with van der Waals surface area (Å²) >= 11 is 0. The van der Waals surface area contributed by atoms with Crippen molar-refractivity contribution in [1.29, 1.82) is 0 Å². The number of aliphatic hydroxyl groups excluding tert-OH is 1. The maximum absolute atomic E-state index is 12.6. The standard InChI is InChI=1S/C24H28N2O5/c1-24(2,3)26(23(30)31)13-12-25(22(28)29,15-21(26)27)14-20-18-10-6-4-8-16(18)17-9-5-7-11-19(17)20/h4-11,20-21,27H,12-15H2,1-3H3/p+2. The Morgan fingerprint density at radius 2 is 1.42 bits per heavy atom. The van der Waals surface area contributed by atoms with E-state index in [1.54, 1.807) is 20.8 Å². The van der Waals surface area contributed by atoms with E-state index in [4.69, 9.17) is 0 Å². The molecule has 0 aromatic heterocycles. The van der Waals surface area contributed by atoms with Crippen molar-refractivity contribution in [2.75, 3.05) is 26.2 Å². The number of nitrogens with zero attached hydrogens (tertiary/aromatic N) is 2. The van der Waals surface area contributed by atoms with Crippen molar-refractivity contribution >= 4 is 12.2 Å². The molecule has 1 aliphatic carbocycles. The summed E-state index contributed by atoms with van der Waals surface area (Å²) in [6.07, 6.45) is -3.48. The van der Waals surface area contributed by atoms with Crippen LogP contribution in [-0.2, 0) is 0 Å². The fourth-order valence-corrected chi connectivity index (χ4v) is 5.56. The summed E-state index contributed by atoms with van der Waals surface area (Å²) in [6.45, 7) is 5.61. The number of carboxylic acid groups (broad SMARTS) is 2. The van der Waals surface area contributed by atoms with Gasteiger partial charge in [0, 0.05) is 0 Å². The number of hydrogen-bond donors (Lipinski definition) is 3. The summed E-state index contributed by atoms with van der Waals surface area (Å²) in [5, 5.41) is 31.4. The van der Waals surface area contributed by atoms with E-state index in [0.717, 1.165) is 22.3 Å². The van der Waals surface area contributed by atoms with Crippen molar-refractivity contribution in [3.8, 4) is 11.1 Å². The summed E-state index contributed by atoms with van der Waals surface area (Å²) in [4.78, 5) is 24.8. The van der Waals surface area contributed by atoms with E-state index in [9.17, 15) is 24.9 Å². The Bertz CT molecular complexity index is 1000. The summed E-state index contributed by atoms with van der Waals surface area (Å²) in [6, 6.07) is 16.0. The van der Waals surface area contributed by atoms with Crippen molar-refractivity contribution in [1.82, 2.24) is 0 Å². The molecule has 1 aliphatic heterocycles. The zero-order chi connectivity index (χ0) is 22.6. The van der Waals surface area contributed by atoms with Crippen LogP contribution >= 0.6 is 0 Å². The number of carbonyl (C=O) groups is 2. The minimum absolute atomic E-state index is 0.0440. The van der Waals surface area contributed by atoms with Gasteiger partial charge in [0.2, 0.25) is 0 Å². The second-order valence-electron chi connectivity index (χ2n) is 9.77. The molecule has 31 heavy (non-hydrogen) atoms. The highest BCUT2D eigenvalue weighted by molar-refractivity contribution is 5.78. The highest BCUT2D eigenvalue weighted by Crippen LogP contribution is 2.46. The highest BCUT2D eigenvalue weighted by Gasteiger charge is 2.62. The fraction of sp³-hybridized carbons (Fsp3) is 0.417. The third kappa shape index (κ3) is 3.07. The number of aliphatic hydroxyl groups is 1. The predicted molar refractivity (Wildman–Crippen MR) is 116 cm³/mol. The number of hydrogen-bond acceptors (Lipinski definition) is 3. The number of rotatable bonds is 2. The van der Waals surface area contributed by atoms with Gasteiger partial charge in [-0.3, -0.25) is 0 Å². The number of piperazine rings is 1. The third-order valence-electron chi connectivity index (χ3n) is 7.34. The molecule has 0 bridgehead atoms. The van der Waals surface area contributed by atoms with Gasteiger partial charge >= 0.3 is 12.2 Å². The van der Waals surface area contributed by atoms with Crippen molar-refractivity contribution < 1.29 is 33.9 Å². The first-order chi connectivity index (χ1) is 14.5. The molecule has 1 fully saturated rings. The largest absolute Gasteiger partial charge is 0.516 e. The van der Waals surface area contributed by atoms with Crippen molar-refractivity contribution in [3.63, 3.8) is 0 Å². The van der Waals surface area contributed by atoms with E-state index >= 15 is 0 Å². The first-order valence-electron chi connectivity index (χ1n) is 10.6. The lowest BCUT2D eigenvalue weighted by Gasteiger charge is -2.52. The van der Waals surface area contributed by atoms with Crippen LogP contribution in [0.4, 0.5) is 9.59 Å². The van der Waals surface area contributed by atoms with Crippen LogP contribution in [0.5, 0.6) is 0 Å². The van der Waals surface area contributed by atoms with Gasteiger partial charge in [-0.05, 0) is 43.0 Å². The quantitative estimate of drug-likeness (QED) is 0.633. The van der Waals surface area contributed by atoms with Gasteiger partial charge in [0.15, 0.2) is 6.54 Å². The molecule has 1 saturated heterocycles. The Kier molecular flexibility index (Phi) is 4.96. The monoisotopic (exact) mass is 426 g/mol. The average Bonchev–Trinajstić information content (AvgIpc) is 3.01. The zero-order valence-electron chi connectivity index (χ0n) is 18.2. The van der Waals surface area contributed by atoms with E-state index in [1.165, 1.54) is 0 Å². The van der Waals surface area contributed by atoms with Gasteiger partial charge in [0.05, 0.1) is 5.92 Å². The smallest absolute Gasteiger partial charge is 0.435 e. The molecule has 3 unspecified atom stereocenters. The second-order valence-corrected chi connectivity index (χ2v) is 9.77. The lowest BCUT2D eigenvalue weighted by Crippen LogP contribution is -2.79. The zero-order valence-corrected chi connectivity index (χ0v) is 18.2. The Hall–Kier alpha value is -2.74. The molecule has 2 amide bonds. The molecule has 3 N–H and O–H groups in total. The van der Waals surface area contributed by atoms with Crippen LogP contribution in [-0.4, -0.2) is 74.4 Å². The van der Waals surface area contributed by atoms with Gasteiger partial charge in [-0.1, -0.05) is 48.5 Å². The molecule has 2 aromatic carbocycles. The SMILES string of the molecule is CC(C)(C)[N+]1(C(=O)O)CC[N+](CC2c3ccccc3-c3ccccc32)(C(=O)O)CC1O. The van der Waals surface area contributed by atoms with Crippen LogP contribution in [0.15, 0.2) is 48.5 Å². The Morgan fingerprint density at radius 1 is 0.903 bits per heavy atom. The predicted octanol–water partition coefficient (Wildman–Crippen LogP) is 3.92. The molecule has 0 spiro atoms. The van der Waals surface area contributed by atoms with Crippen LogP contribution in [0, 0.1) is 0 Å². The normalized spacial score (nSPS) is 28.1. The first kappa shape index (κ1) is 21.5. The molecule has 0 radical (unpaired) electrons. The van der Waals surface area contributed by atoms with Gasteiger partial charge in [0.25, 0.3) is 6.23 Å². The Balaban J connectivity index is 1.74. The third-order valence-corrected chi connectivity index (χ3v) is 7.34. The Labute approximate surface area is 182 Å². The fourth-order valence-electron chi connectivity index (χ4n) is 5.56. The van der Waals surface area contributed by atoms with Crippen LogP contribution in [0.1, 0.15) is 37.8 Å². The van der Waals surface area contributed by atoms with E-state index < -0.39 is 28.4 Å². The number of fused-ring (bicyclic) bond motifs is 3. The van der Waals surface area contributed by atoms with Crippen LogP contribution in [0.25, 0.3) is 11.1 Å². The molecule has 7 heteroatoms. The second kappa shape index (κ2) is 7.15. The lowest BCUT2D eigenvalue weighted by atomic mass is 9.93. The van der Waals surface area contributed by atoms with Crippen LogP contribution in [0.2, 0.25) is 0 Å².